The first-order valence-corrected chi connectivity index (χ1v) is 5.54. The van der Waals surface area contributed by atoms with Crippen LogP contribution in [0.4, 0.5) is 9.18 Å². The van der Waals surface area contributed by atoms with Crippen LogP contribution in [-0.4, -0.2) is 30.1 Å². The fraction of sp³-hybridized carbons (Fsp3) is 0.417. The van der Waals surface area contributed by atoms with Gasteiger partial charge in [-0.3, -0.25) is 0 Å². The minimum absolute atomic E-state index is 0.150. The Morgan fingerprint density at radius 2 is 2.12 bits per heavy atom. The molecule has 2 amide bonds. The Balaban J connectivity index is 2.58. The zero-order chi connectivity index (χ0) is 12.8. The maximum atomic E-state index is 13.3. The van der Waals surface area contributed by atoms with Gasteiger partial charge < -0.3 is 16.4 Å². The van der Waals surface area contributed by atoms with E-state index in [1.165, 1.54) is 11.0 Å². The van der Waals surface area contributed by atoms with E-state index in [4.69, 9.17) is 11.5 Å². The third-order valence-corrected chi connectivity index (χ3v) is 2.43. The van der Waals surface area contributed by atoms with Crippen molar-refractivity contribution in [3.8, 4) is 0 Å². The average molecular weight is 239 g/mol. The van der Waals surface area contributed by atoms with Gasteiger partial charge in [0.05, 0.1) is 0 Å². The van der Waals surface area contributed by atoms with Gasteiger partial charge in [0.2, 0.25) is 0 Å². The fourth-order valence-electron chi connectivity index (χ4n) is 1.60. The van der Waals surface area contributed by atoms with Crippen LogP contribution in [-0.2, 0) is 6.42 Å². The van der Waals surface area contributed by atoms with Gasteiger partial charge in [-0.05, 0) is 25.0 Å². The second-order valence-corrected chi connectivity index (χ2v) is 4.10. The van der Waals surface area contributed by atoms with Crippen LogP contribution in [0.5, 0.6) is 0 Å². The Kier molecular flexibility index (Phi) is 4.90. The molecule has 0 bridgehead atoms. The number of benzene rings is 1. The number of hydrogen-bond donors (Lipinski definition) is 2. The molecule has 94 valence electrons. The van der Waals surface area contributed by atoms with Crippen molar-refractivity contribution in [3.63, 3.8) is 0 Å². The molecule has 0 aliphatic rings. The first-order valence-electron chi connectivity index (χ1n) is 5.54. The van der Waals surface area contributed by atoms with Gasteiger partial charge in [0.1, 0.15) is 5.82 Å². The molecule has 0 heterocycles. The van der Waals surface area contributed by atoms with Gasteiger partial charge in [0, 0.05) is 19.1 Å². The van der Waals surface area contributed by atoms with Crippen molar-refractivity contribution < 1.29 is 9.18 Å². The maximum Gasteiger partial charge on any atom is 0.314 e. The van der Waals surface area contributed by atoms with Gasteiger partial charge in [-0.25, -0.2) is 9.18 Å². The molecule has 0 aromatic heterocycles. The van der Waals surface area contributed by atoms with Crippen molar-refractivity contribution in [3.05, 3.63) is 35.6 Å². The Bertz CT molecular complexity index is 382. The second-order valence-electron chi connectivity index (χ2n) is 4.10. The van der Waals surface area contributed by atoms with E-state index < -0.39 is 6.03 Å². The van der Waals surface area contributed by atoms with Crippen molar-refractivity contribution in [1.82, 2.24) is 4.90 Å². The molecule has 0 spiro atoms. The van der Waals surface area contributed by atoms with Gasteiger partial charge in [0.25, 0.3) is 0 Å². The molecule has 0 saturated carbocycles. The predicted molar refractivity (Wildman–Crippen MR) is 64.9 cm³/mol. The van der Waals surface area contributed by atoms with Gasteiger partial charge in [-0.15, -0.1) is 0 Å². The van der Waals surface area contributed by atoms with Crippen LogP contribution in [0.2, 0.25) is 0 Å². The highest BCUT2D eigenvalue weighted by Crippen LogP contribution is 2.07. The molecule has 0 aliphatic carbocycles. The summed E-state index contributed by atoms with van der Waals surface area (Å²) in [7, 11) is 0. The number of carbonyl (C=O) groups excluding carboxylic acids is 1. The van der Waals surface area contributed by atoms with E-state index in [1.54, 1.807) is 25.1 Å². The highest BCUT2D eigenvalue weighted by Gasteiger charge is 2.12. The van der Waals surface area contributed by atoms with E-state index in [-0.39, 0.29) is 11.9 Å². The summed E-state index contributed by atoms with van der Waals surface area (Å²) >= 11 is 0. The first-order chi connectivity index (χ1) is 8.00. The molecule has 1 unspecified atom stereocenters. The summed E-state index contributed by atoms with van der Waals surface area (Å²) in [6.07, 6.45) is 0.433. The summed E-state index contributed by atoms with van der Waals surface area (Å²) in [5, 5.41) is 0. The lowest BCUT2D eigenvalue weighted by atomic mass is 10.1. The van der Waals surface area contributed by atoms with Crippen LogP contribution in [0.25, 0.3) is 0 Å². The van der Waals surface area contributed by atoms with E-state index >= 15 is 0 Å². The van der Waals surface area contributed by atoms with E-state index in [2.05, 4.69) is 0 Å². The molecule has 1 atom stereocenters. The van der Waals surface area contributed by atoms with E-state index in [9.17, 15) is 9.18 Å². The summed E-state index contributed by atoms with van der Waals surface area (Å²) < 4.78 is 13.3. The highest BCUT2D eigenvalue weighted by molar-refractivity contribution is 5.72. The van der Waals surface area contributed by atoms with E-state index in [0.29, 0.717) is 25.1 Å². The molecule has 0 aliphatic heterocycles. The quantitative estimate of drug-likeness (QED) is 0.807. The molecule has 17 heavy (non-hydrogen) atoms. The zero-order valence-corrected chi connectivity index (χ0v) is 9.90. The minimum atomic E-state index is -0.529. The number of halogens is 1. The Hall–Kier alpha value is -1.62. The molecule has 1 aromatic carbocycles. The largest absolute Gasteiger partial charge is 0.351 e. The van der Waals surface area contributed by atoms with Crippen LogP contribution in [0.3, 0.4) is 0 Å². The number of carbonyl (C=O) groups is 1. The van der Waals surface area contributed by atoms with Gasteiger partial charge in [0.15, 0.2) is 0 Å². The van der Waals surface area contributed by atoms with Crippen LogP contribution >= 0.6 is 0 Å². The smallest absolute Gasteiger partial charge is 0.314 e. The number of urea groups is 1. The topological polar surface area (TPSA) is 72.3 Å². The molecule has 1 rings (SSSR count). The van der Waals surface area contributed by atoms with Crippen LogP contribution in [0, 0.1) is 5.82 Å². The summed E-state index contributed by atoms with van der Waals surface area (Å²) in [5.74, 6) is -0.266. The van der Waals surface area contributed by atoms with Gasteiger partial charge >= 0.3 is 6.03 Å². The van der Waals surface area contributed by atoms with Crippen molar-refractivity contribution in [2.24, 2.45) is 11.5 Å². The monoisotopic (exact) mass is 239 g/mol. The van der Waals surface area contributed by atoms with Crippen molar-refractivity contribution in [1.29, 1.82) is 0 Å². The third kappa shape index (κ3) is 4.40. The summed E-state index contributed by atoms with van der Waals surface area (Å²) in [5.41, 5.74) is 11.4. The number of nitrogens with two attached hydrogens (primary N) is 2. The first kappa shape index (κ1) is 13.4. The minimum Gasteiger partial charge on any atom is -0.351 e. The highest BCUT2D eigenvalue weighted by atomic mass is 19.1. The lowest BCUT2D eigenvalue weighted by Gasteiger charge is -2.22. The molecule has 0 radical (unpaired) electrons. The third-order valence-electron chi connectivity index (χ3n) is 2.43. The lowest BCUT2D eigenvalue weighted by molar-refractivity contribution is 0.205. The number of primary amides is 1. The van der Waals surface area contributed by atoms with Crippen LogP contribution in [0.1, 0.15) is 12.5 Å². The van der Waals surface area contributed by atoms with Crippen molar-refractivity contribution >= 4 is 6.03 Å². The van der Waals surface area contributed by atoms with Crippen molar-refractivity contribution in [2.45, 2.75) is 19.4 Å². The molecular formula is C12H18FN3O. The van der Waals surface area contributed by atoms with Crippen LogP contribution in [0.15, 0.2) is 24.3 Å². The number of nitrogens with zero attached hydrogens (tertiary/aromatic N) is 1. The molecule has 0 saturated heterocycles. The number of rotatable bonds is 5. The normalized spacial score (nSPS) is 12.2. The van der Waals surface area contributed by atoms with E-state index in [1.807, 2.05) is 0 Å². The SMILES string of the molecule is CC(N)CN(CCc1ccccc1F)C(N)=O. The van der Waals surface area contributed by atoms with Crippen LogP contribution < -0.4 is 11.5 Å². The molecule has 1 aromatic rings. The molecule has 0 fully saturated rings. The number of hydrogen-bond acceptors (Lipinski definition) is 2. The Morgan fingerprint density at radius 1 is 1.47 bits per heavy atom. The summed E-state index contributed by atoms with van der Waals surface area (Å²) in [6, 6.07) is 5.81. The maximum absolute atomic E-state index is 13.3. The summed E-state index contributed by atoms with van der Waals surface area (Å²) in [4.78, 5) is 12.6. The average Bonchev–Trinajstić information content (AvgIpc) is 2.25. The fourth-order valence-corrected chi connectivity index (χ4v) is 1.60. The molecule has 4 N–H and O–H groups in total. The molecule has 5 heteroatoms. The zero-order valence-electron chi connectivity index (χ0n) is 9.90. The second kappa shape index (κ2) is 6.20. The Labute approximate surface area is 100 Å². The van der Waals surface area contributed by atoms with Crippen molar-refractivity contribution in [2.75, 3.05) is 13.1 Å². The predicted octanol–water partition coefficient (Wildman–Crippen LogP) is 1.10. The van der Waals surface area contributed by atoms with Gasteiger partial charge in [-0.2, -0.15) is 0 Å². The standard InChI is InChI=1S/C12H18FN3O/c1-9(14)8-16(12(15)17)7-6-10-4-2-3-5-11(10)13/h2-5,9H,6-8,14H2,1H3,(H2,15,17). The number of amides is 2. The Morgan fingerprint density at radius 3 is 2.65 bits per heavy atom. The molecule has 4 nitrogen and oxygen atoms in total. The van der Waals surface area contributed by atoms with Gasteiger partial charge in [-0.1, -0.05) is 18.2 Å². The lowest BCUT2D eigenvalue weighted by Crippen LogP contribution is -2.43. The summed E-state index contributed by atoms with van der Waals surface area (Å²) in [6.45, 7) is 2.54. The van der Waals surface area contributed by atoms with E-state index in [0.717, 1.165) is 0 Å². The molecular weight excluding hydrogens is 221 g/mol.